The van der Waals surface area contributed by atoms with E-state index < -0.39 is 5.97 Å². The highest BCUT2D eigenvalue weighted by Crippen LogP contribution is 2.41. The van der Waals surface area contributed by atoms with Gasteiger partial charge in [0, 0.05) is 28.6 Å². The number of ether oxygens (including phenoxy) is 3. The molecule has 2 aromatic heterocycles. The second kappa shape index (κ2) is 11.3. The molecule has 0 saturated carbocycles. The van der Waals surface area contributed by atoms with E-state index in [2.05, 4.69) is 6.07 Å². The molecule has 0 fully saturated rings. The molecule has 1 aliphatic rings. The lowest BCUT2D eigenvalue weighted by Gasteiger charge is -2.25. The molecule has 8 nitrogen and oxygen atoms in total. The van der Waals surface area contributed by atoms with Crippen molar-refractivity contribution in [3.63, 3.8) is 0 Å². The predicted octanol–water partition coefficient (Wildman–Crippen LogP) is 5.54. The number of pyridine rings is 2. The van der Waals surface area contributed by atoms with E-state index in [1.54, 1.807) is 37.9 Å². The highest BCUT2D eigenvalue weighted by molar-refractivity contribution is 7.99. The Bertz CT molecular complexity index is 1770. The molecule has 4 aromatic rings. The highest BCUT2D eigenvalue weighted by atomic mass is 32.2. The maximum absolute atomic E-state index is 13.9. The first-order valence-corrected chi connectivity index (χ1v) is 13.6. The predicted molar refractivity (Wildman–Crippen MR) is 154 cm³/mol. The Labute approximate surface area is 235 Å². The zero-order valence-corrected chi connectivity index (χ0v) is 23.4. The van der Waals surface area contributed by atoms with Crippen LogP contribution in [0.3, 0.4) is 0 Å². The normalized spacial score (nSPS) is 12.1. The topological polar surface area (TPSA) is 103 Å². The van der Waals surface area contributed by atoms with Gasteiger partial charge >= 0.3 is 5.97 Å². The SMILES string of the molecule is CCOC(=O)/C=C/c1cc2c(=O)n3c(c(C#N)c2nc1Sc1ccc(C)cc1)-c1cc(OC)c(OC)cc1CC3. The molecule has 0 amide bonds. The number of rotatable bonds is 7. The lowest BCUT2D eigenvalue weighted by atomic mass is 9.92. The first kappa shape index (κ1) is 27.0. The zero-order chi connectivity index (χ0) is 28.4. The Morgan fingerprint density at radius 2 is 1.88 bits per heavy atom. The van der Waals surface area contributed by atoms with Crippen LogP contribution in [-0.4, -0.2) is 36.3 Å². The minimum absolute atomic E-state index is 0.251. The smallest absolute Gasteiger partial charge is 0.330 e. The summed E-state index contributed by atoms with van der Waals surface area (Å²) in [6.07, 6.45) is 3.51. The van der Waals surface area contributed by atoms with Crippen molar-refractivity contribution in [3.05, 3.63) is 81.1 Å². The van der Waals surface area contributed by atoms with Gasteiger partial charge in [-0.1, -0.05) is 29.5 Å². The molecular weight excluding hydrogens is 526 g/mol. The van der Waals surface area contributed by atoms with Gasteiger partial charge in [-0.3, -0.25) is 4.79 Å². The maximum atomic E-state index is 13.9. The molecule has 3 heterocycles. The summed E-state index contributed by atoms with van der Waals surface area (Å²) in [7, 11) is 3.12. The average molecular weight is 554 g/mol. The van der Waals surface area contributed by atoms with Gasteiger partial charge in [-0.15, -0.1) is 0 Å². The molecule has 9 heteroatoms. The van der Waals surface area contributed by atoms with E-state index in [0.717, 1.165) is 21.6 Å². The van der Waals surface area contributed by atoms with Crippen molar-refractivity contribution in [1.82, 2.24) is 9.55 Å². The highest BCUT2D eigenvalue weighted by Gasteiger charge is 2.27. The number of aryl methyl sites for hydroxylation is 2. The fourth-order valence-electron chi connectivity index (χ4n) is 4.81. The van der Waals surface area contributed by atoms with Crippen LogP contribution in [0.2, 0.25) is 0 Å². The lowest BCUT2D eigenvalue weighted by Crippen LogP contribution is -2.28. The number of hydrogen-bond donors (Lipinski definition) is 0. The van der Waals surface area contributed by atoms with Crippen molar-refractivity contribution in [2.45, 2.75) is 36.7 Å². The fraction of sp³-hybridized carbons (Fsp3) is 0.226. The molecule has 202 valence electrons. The van der Waals surface area contributed by atoms with Gasteiger partial charge in [-0.25, -0.2) is 9.78 Å². The van der Waals surface area contributed by atoms with Gasteiger partial charge in [-0.2, -0.15) is 5.26 Å². The van der Waals surface area contributed by atoms with E-state index in [0.29, 0.717) is 57.2 Å². The first-order chi connectivity index (χ1) is 19.4. The molecule has 0 radical (unpaired) electrons. The van der Waals surface area contributed by atoms with Gasteiger partial charge in [0.25, 0.3) is 5.56 Å². The van der Waals surface area contributed by atoms with Crippen LogP contribution in [0.25, 0.3) is 28.2 Å². The van der Waals surface area contributed by atoms with E-state index >= 15 is 0 Å². The summed E-state index contributed by atoms with van der Waals surface area (Å²) >= 11 is 1.39. The molecule has 2 aromatic carbocycles. The van der Waals surface area contributed by atoms with Crippen molar-refractivity contribution in [2.75, 3.05) is 20.8 Å². The quantitative estimate of drug-likeness (QED) is 0.217. The molecule has 0 spiro atoms. The third-order valence-corrected chi connectivity index (χ3v) is 7.76. The van der Waals surface area contributed by atoms with E-state index in [-0.39, 0.29) is 12.2 Å². The maximum Gasteiger partial charge on any atom is 0.330 e. The Balaban J connectivity index is 1.77. The Morgan fingerprint density at radius 1 is 1.15 bits per heavy atom. The number of aromatic nitrogens is 2. The number of hydrogen-bond acceptors (Lipinski definition) is 8. The molecule has 5 rings (SSSR count). The van der Waals surface area contributed by atoms with Gasteiger partial charge in [0.1, 0.15) is 16.7 Å². The van der Waals surface area contributed by atoms with Crippen LogP contribution >= 0.6 is 11.8 Å². The molecule has 0 saturated heterocycles. The summed E-state index contributed by atoms with van der Waals surface area (Å²) in [4.78, 5) is 31.8. The van der Waals surface area contributed by atoms with Crippen LogP contribution in [0, 0.1) is 18.3 Å². The van der Waals surface area contributed by atoms with Gasteiger partial charge < -0.3 is 18.8 Å². The van der Waals surface area contributed by atoms with E-state index in [9.17, 15) is 14.9 Å². The lowest BCUT2D eigenvalue weighted by molar-refractivity contribution is -0.137. The van der Waals surface area contributed by atoms with Crippen molar-refractivity contribution in [3.8, 4) is 28.8 Å². The van der Waals surface area contributed by atoms with Gasteiger partial charge in [0.2, 0.25) is 0 Å². The third-order valence-electron chi connectivity index (χ3n) is 6.74. The molecule has 0 unspecified atom stereocenters. The molecular formula is C31H27N3O5S. The van der Waals surface area contributed by atoms with Gasteiger partial charge in [-0.05, 0) is 62.2 Å². The summed E-state index contributed by atoms with van der Waals surface area (Å²) in [5.41, 5.74) is 4.26. The number of nitriles is 1. The molecule has 0 aliphatic carbocycles. The molecule has 0 N–H and O–H groups in total. The van der Waals surface area contributed by atoms with Crippen LogP contribution in [0.15, 0.2) is 63.3 Å². The number of benzene rings is 2. The van der Waals surface area contributed by atoms with Crippen LogP contribution in [-0.2, 0) is 22.5 Å². The number of esters is 1. The summed E-state index contributed by atoms with van der Waals surface area (Å²) in [5.74, 6) is 0.605. The number of methoxy groups -OCH3 is 2. The van der Waals surface area contributed by atoms with Crippen molar-refractivity contribution < 1.29 is 19.0 Å². The largest absolute Gasteiger partial charge is 0.493 e. The molecule has 40 heavy (non-hydrogen) atoms. The Hall–Kier alpha value is -4.55. The van der Waals surface area contributed by atoms with Crippen LogP contribution in [0.4, 0.5) is 0 Å². The van der Waals surface area contributed by atoms with Crippen LogP contribution < -0.4 is 15.0 Å². The van der Waals surface area contributed by atoms with Crippen molar-refractivity contribution in [2.24, 2.45) is 0 Å². The van der Waals surface area contributed by atoms with E-state index in [1.807, 2.05) is 43.3 Å². The minimum Gasteiger partial charge on any atom is -0.493 e. The van der Waals surface area contributed by atoms with E-state index in [4.69, 9.17) is 19.2 Å². The Kier molecular flexibility index (Phi) is 7.63. The van der Waals surface area contributed by atoms with Gasteiger partial charge in [0.15, 0.2) is 11.5 Å². The number of carbonyl (C=O) groups is 1. The number of nitrogens with zero attached hydrogens (tertiary/aromatic N) is 3. The molecule has 1 aliphatic heterocycles. The standard InChI is InChI=1S/C31H27N3O5S/c1-5-39-27(35)11-8-20-14-23-28(33-30(20)40-21-9-6-18(2)7-10-21)24(17-32)29-22-16-26(38-4)25(37-3)15-19(22)12-13-34(29)31(23)36/h6-11,14-16H,5,12-13H2,1-4H3/b11-8+. The van der Waals surface area contributed by atoms with E-state index in [1.165, 1.54) is 17.8 Å². The second-order valence-electron chi connectivity index (χ2n) is 9.19. The average Bonchev–Trinajstić information content (AvgIpc) is 2.97. The molecule has 0 bridgehead atoms. The van der Waals surface area contributed by atoms with Crippen molar-refractivity contribution >= 4 is 34.7 Å². The first-order valence-electron chi connectivity index (χ1n) is 12.7. The zero-order valence-electron chi connectivity index (χ0n) is 22.6. The fourth-order valence-corrected chi connectivity index (χ4v) is 5.68. The van der Waals surface area contributed by atoms with Crippen LogP contribution in [0.5, 0.6) is 11.5 Å². The number of fused-ring (bicyclic) bond motifs is 4. The summed E-state index contributed by atoms with van der Waals surface area (Å²) < 4.78 is 17.7. The second-order valence-corrected chi connectivity index (χ2v) is 10.2. The monoisotopic (exact) mass is 553 g/mol. The van der Waals surface area contributed by atoms with Crippen LogP contribution in [0.1, 0.15) is 29.2 Å². The number of carbonyl (C=O) groups excluding carboxylic acids is 1. The van der Waals surface area contributed by atoms with Gasteiger partial charge in [0.05, 0.1) is 37.4 Å². The molecule has 0 atom stereocenters. The van der Waals surface area contributed by atoms with Crippen molar-refractivity contribution in [1.29, 1.82) is 5.26 Å². The summed E-state index contributed by atoms with van der Waals surface area (Å²) in [5, 5.41) is 11.3. The summed E-state index contributed by atoms with van der Waals surface area (Å²) in [6.45, 7) is 4.39. The Morgan fingerprint density at radius 3 is 2.55 bits per heavy atom. The third kappa shape index (κ3) is 4.94. The summed E-state index contributed by atoms with van der Waals surface area (Å²) in [6, 6.07) is 15.7. The minimum atomic E-state index is -0.491.